The molecule has 5 heteroatoms. The van der Waals surface area contributed by atoms with Crippen LogP contribution >= 0.6 is 11.6 Å². The van der Waals surface area contributed by atoms with Gasteiger partial charge in [-0.1, -0.05) is 65.7 Å². The number of allylic oxidation sites excluding steroid dienone is 2. The lowest BCUT2D eigenvalue weighted by molar-refractivity contribution is -0.133. The summed E-state index contributed by atoms with van der Waals surface area (Å²) in [5.74, 6) is -0.552. The normalized spacial score (nSPS) is 19.6. The van der Waals surface area contributed by atoms with E-state index in [4.69, 9.17) is 16.3 Å². The van der Waals surface area contributed by atoms with Gasteiger partial charge in [-0.05, 0) is 56.9 Å². The van der Waals surface area contributed by atoms with Crippen LogP contribution in [0.5, 0.6) is 0 Å². The highest BCUT2D eigenvalue weighted by Gasteiger charge is 2.44. The molecule has 0 saturated carbocycles. The lowest BCUT2D eigenvalue weighted by Gasteiger charge is -2.24. The number of amides is 2. The summed E-state index contributed by atoms with van der Waals surface area (Å²) in [6, 6.07) is 16.7. The van der Waals surface area contributed by atoms with Crippen LogP contribution in [0.15, 0.2) is 66.2 Å². The second-order valence-corrected chi connectivity index (χ2v) is 8.15. The molecule has 1 heterocycles. The van der Waals surface area contributed by atoms with E-state index in [1.165, 1.54) is 4.90 Å². The Hall–Kier alpha value is -2.59. The maximum absolute atomic E-state index is 13.4. The fraction of sp³-hybridized carbons (Fsp3) is 0.333. The molecule has 4 nitrogen and oxygen atoms in total. The van der Waals surface area contributed by atoms with Gasteiger partial charge in [-0.3, -0.25) is 4.79 Å². The van der Waals surface area contributed by atoms with Gasteiger partial charge >= 0.3 is 6.09 Å². The van der Waals surface area contributed by atoms with Crippen molar-refractivity contribution in [1.82, 2.24) is 4.90 Å². The van der Waals surface area contributed by atoms with Crippen molar-refractivity contribution in [1.29, 1.82) is 0 Å². The third-order valence-corrected chi connectivity index (χ3v) is 5.44. The smallest absolute Gasteiger partial charge is 0.417 e. The van der Waals surface area contributed by atoms with E-state index in [1.807, 2.05) is 81.4 Å². The highest BCUT2D eigenvalue weighted by Crippen LogP contribution is 2.34. The van der Waals surface area contributed by atoms with Gasteiger partial charge in [0.1, 0.15) is 6.10 Å². The zero-order chi connectivity index (χ0) is 21.0. The molecule has 2 amide bonds. The summed E-state index contributed by atoms with van der Waals surface area (Å²) in [6.07, 6.45) is 2.11. The quantitative estimate of drug-likeness (QED) is 0.550. The van der Waals surface area contributed by atoms with Gasteiger partial charge in [0.2, 0.25) is 5.91 Å². The molecule has 0 spiro atoms. The largest absolute Gasteiger partial charge is 0.439 e. The lowest BCUT2D eigenvalue weighted by atomic mass is 9.93. The van der Waals surface area contributed by atoms with Gasteiger partial charge in [0, 0.05) is 10.9 Å². The Kier molecular flexibility index (Phi) is 6.75. The standard InChI is InChI=1S/C24H26ClNO3/c1-16(2)9-12-20(15-18-10-13-21(25)14-11-18)23(27)26-17(3)22(29-24(26)28)19-7-5-4-6-8-19/h4-11,13-14,17,20,22H,12,15H2,1-3H3/t17-,20+,22-/m1/s1. The van der Waals surface area contributed by atoms with Crippen LogP contribution < -0.4 is 0 Å². The molecule has 0 bridgehead atoms. The Bertz CT molecular complexity index is 888. The molecule has 1 fully saturated rings. The molecule has 1 aliphatic heterocycles. The Morgan fingerprint density at radius 2 is 1.79 bits per heavy atom. The lowest BCUT2D eigenvalue weighted by Crippen LogP contribution is -2.42. The Morgan fingerprint density at radius 1 is 1.14 bits per heavy atom. The number of carbonyl (C=O) groups is 2. The fourth-order valence-corrected chi connectivity index (χ4v) is 3.72. The molecule has 0 N–H and O–H groups in total. The monoisotopic (exact) mass is 411 g/mol. The van der Waals surface area contributed by atoms with Crippen molar-refractivity contribution in [3.8, 4) is 0 Å². The average molecular weight is 412 g/mol. The second-order valence-electron chi connectivity index (χ2n) is 7.71. The zero-order valence-corrected chi connectivity index (χ0v) is 17.7. The topological polar surface area (TPSA) is 46.6 Å². The highest BCUT2D eigenvalue weighted by molar-refractivity contribution is 6.30. The van der Waals surface area contributed by atoms with E-state index < -0.39 is 12.2 Å². The Balaban J connectivity index is 1.83. The number of halogens is 1. The van der Waals surface area contributed by atoms with Gasteiger partial charge in [-0.15, -0.1) is 0 Å². The van der Waals surface area contributed by atoms with Crippen LogP contribution in [0.1, 0.15) is 44.4 Å². The van der Waals surface area contributed by atoms with Crippen molar-refractivity contribution in [2.24, 2.45) is 5.92 Å². The highest BCUT2D eigenvalue weighted by atomic mass is 35.5. The molecule has 2 aromatic carbocycles. The molecule has 0 unspecified atom stereocenters. The van der Waals surface area contributed by atoms with Gasteiger partial charge in [0.15, 0.2) is 0 Å². The predicted octanol–water partition coefficient (Wildman–Crippen LogP) is 5.96. The summed E-state index contributed by atoms with van der Waals surface area (Å²) in [7, 11) is 0. The molecule has 3 rings (SSSR count). The van der Waals surface area contributed by atoms with Crippen molar-refractivity contribution >= 4 is 23.6 Å². The Morgan fingerprint density at radius 3 is 2.41 bits per heavy atom. The molecule has 2 aromatic rings. The number of hydrogen-bond acceptors (Lipinski definition) is 3. The molecule has 1 saturated heterocycles. The van der Waals surface area contributed by atoms with E-state index in [0.29, 0.717) is 17.9 Å². The number of ether oxygens (including phenoxy) is 1. The van der Waals surface area contributed by atoms with Crippen LogP contribution in [0.3, 0.4) is 0 Å². The summed E-state index contributed by atoms with van der Waals surface area (Å²) in [5.41, 5.74) is 3.04. The fourth-order valence-electron chi connectivity index (χ4n) is 3.60. The third-order valence-electron chi connectivity index (χ3n) is 5.19. The summed E-state index contributed by atoms with van der Waals surface area (Å²) in [6.45, 7) is 5.87. The van der Waals surface area contributed by atoms with Crippen LogP contribution in [0, 0.1) is 5.92 Å². The summed E-state index contributed by atoms with van der Waals surface area (Å²) in [4.78, 5) is 27.3. The number of imide groups is 1. The molecule has 0 aromatic heterocycles. The van der Waals surface area contributed by atoms with Crippen LogP contribution in [0.4, 0.5) is 4.79 Å². The van der Waals surface area contributed by atoms with E-state index in [2.05, 4.69) is 0 Å². The summed E-state index contributed by atoms with van der Waals surface area (Å²) >= 11 is 5.98. The molecular formula is C24H26ClNO3. The maximum Gasteiger partial charge on any atom is 0.417 e. The maximum atomic E-state index is 13.4. The number of cyclic esters (lactones) is 1. The van der Waals surface area contributed by atoms with Crippen molar-refractivity contribution in [3.63, 3.8) is 0 Å². The number of carbonyl (C=O) groups excluding carboxylic acids is 2. The summed E-state index contributed by atoms with van der Waals surface area (Å²) < 4.78 is 5.57. The van der Waals surface area contributed by atoms with Crippen molar-refractivity contribution < 1.29 is 14.3 Å². The predicted molar refractivity (Wildman–Crippen MR) is 115 cm³/mol. The van der Waals surface area contributed by atoms with E-state index in [0.717, 1.165) is 16.7 Å². The minimum atomic E-state index is -0.574. The average Bonchev–Trinajstić information content (AvgIpc) is 3.00. The van der Waals surface area contributed by atoms with Gasteiger partial charge in [-0.25, -0.2) is 9.69 Å². The van der Waals surface area contributed by atoms with Crippen LogP contribution in [0.25, 0.3) is 0 Å². The minimum Gasteiger partial charge on any atom is -0.439 e. The molecule has 0 aliphatic carbocycles. The van der Waals surface area contributed by atoms with Crippen LogP contribution in [-0.4, -0.2) is 22.9 Å². The summed E-state index contributed by atoms with van der Waals surface area (Å²) in [5, 5.41) is 0.656. The van der Waals surface area contributed by atoms with Gasteiger partial charge in [-0.2, -0.15) is 0 Å². The first-order valence-corrected chi connectivity index (χ1v) is 10.2. The van der Waals surface area contributed by atoms with Gasteiger partial charge in [0.25, 0.3) is 0 Å². The molecule has 3 atom stereocenters. The molecule has 152 valence electrons. The molecule has 29 heavy (non-hydrogen) atoms. The zero-order valence-electron chi connectivity index (χ0n) is 17.0. The number of nitrogens with zero attached hydrogens (tertiary/aromatic N) is 1. The first kappa shape index (κ1) is 21.1. The molecular weight excluding hydrogens is 386 g/mol. The number of rotatable bonds is 6. The number of benzene rings is 2. The molecule has 1 aliphatic rings. The van der Waals surface area contributed by atoms with Gasteiger partial charge in [0.05, 0.1) is 6.04 Å². The second kappa shape index (κ2) is 9.27. The molecule has 0 radical (unpaired) electrons. The van der Waals surface area contributed by atoms with Crippen molar-refractivity contribution in [3.05, 3.63) is 82.4 Å². The number of hydrogen-bond donors (Lipinski definition) is 0. The minimum absolute atomic E-state index is 0.201. The van der Waals surface area contributed by atoms with E-state index in [9.17, 15) is 9.59 Å². The first-order chi connectivity index (χ1) is 13.9. The SMILES string of the molecule is CC(C)=CC[C@@H](Cc1ccc(Cl)cc1)C(=O)N1C(=O)O[C@@H](c2ccccc2)[C@H]1C. The van der Waals surface area contributed by atoms with Gasteiger partial charge < -0.3 is 4.74 Å². The van der Waals surface area contributed by atoms with Crippen molar-refractivity contribution in [2.45, 2.75) is 45.8 Å². The third kappa shape index (κ3) is 5.07. The van der Waals surface area contributed by atoms with Crippen molar-refractivity contribution in [2.75, 3.05) is 0 Å². The Labute approximate surface area is 177 Å². The first-order valence-electron chi connectivity index (χ1n) is 9.83. The van der Waals surface area contributed by atoms with Crippen LogP contribution in [0.2, 0.25) is 5.02 Å². The van der Waals surface area contributed by atoms with E-state index in [-0.39, 0.29) is 17.9 Å². The van der Waals surface area contributed by atoms with Crippen LogP contribution in [-0.2, 0) is 16.0 Å². The van der Waals surface area contributed by atoms with E-state index >= 15 is 0 Å². The van der Waals surface area contributed by atoms with E-state index in [1.54, 1.807) is 0 Å².